The summed E-state index contributed by atoms with van der Waals surface area (Å²) in [7, 11) is 3.20. The number of aliphatic hydroxyl groups excluding tert-OH is 1. The number of amides is 2. The normalized spacial score (nSPS) is 28.3. The highest BCUT2D eigenvalue weighted by molar-refractivity contribution is 5.91. The van der Waals surface area contributed by atoms with Gasteiger partial charge < -0.3 is 15.1 Å². The van der Waals surface area contributed by atoms with E-state index in [1.54, 1.807) is 14.1 Å². The first-order valence-electron chi connectivity index (χ1n) is 5.94. The second-order valence-corrected chi connectivity index (χ2v) is 6.06. The van der Waals surface area contributed by atoms with Crippen LogP contribution in [-0.2, 0) is 4.79 Å². The van der Waals surface area contributed by atoms with E-state index in [0.29, 0.717) is 0 Å². The summed E-state index contributed by atoms with van der Waals surface area (Å²) in [6.45, 7) is 5.44. The fraction of sp³-hybridized carbons (Fsp3) is 0.833. The van der Waals surface area contributed by atoms with E-state index in [9.17, 15) is 19.8 Å². The number of hydrogen-bond donors (Lipinski definition) is 2. The molecule has 0 radical (unpaired) electrons. The molecule has 18 heavy (non-hydrogen) atoms. The number of carbonyl (C=O) groups excluding carboxylic acids is 1. The molecule has 1 aliphatic heterocycles. The van der Waals surface area contributed by atoms with Crippen molar-refractivity contribution in [3.8, 4) is 0 Å². The van der Waals surface area contributed by atoms with Crippen molar-refractivity contribution in [2.75, 3.05) is 20.6 Å². The van der Waals surface area contributed by atoms with E-state index in [-0.39, 0.29) is 18.9 Å². The van der Waals surface area contributed by atoms with Gasteiger partial charge in [-0.25, -0.2) is 4.79 Å². The minimum atomic E-state index is -1.21. The van der Waals surface area contributed by atoms with Gasteiger partial charge in [0.15, 0.2) is 0 Å². The molecule has 1 saturated heterocycles. The Bertz CT molecular complexity index is 362. The zero-order valence-corrected chi connectivity index (χ0v) is 11.6. The lowest BCUT2D eigenvalue weighted by Crippen LogP contribution is -2.63. The van der Waals surface area contributed by atoms with Crippen LogP contribution in [0.25, 0.3) is 0 Å². The number of nitrogens with zero attached hydrogens (tertiary/aromatic N) is 2. The van der Waals surface area contributed by atoms with E-state index in [1.807, 2.05) is 20.8 Å². The highest BCUT2D eigenvalue weighted by Gasteiger charge is 2.60. The molecule has 0 aromatic rings. The van der Waals surface area contributed by atoms with Crippen LogP contribution >= 0.6 is 0 Å². The second kappa shape index (κ2) is 4.42. The summed E-state index contributed by atoms with van der Waals surface area (Å²) in [5.74, 6) is -0.283. The first kappa shape index (κ1) is 14.8. The number of likely N-dealkylation sites (N-methyl/N-ethyl adjacent to an activating group) is 1. The zero-order valence-electron chi connectivity index (χ0n) is 11.6. The average Bonchev–Trinajstić information content (AvgIpc) is 2.55. The van der Waals surface area contributed by atoms with E-state index in [2.05, 4.69) is 0 Å². The van der Waals surface area contributed by atoms with Crippen LogP contribution in [0.15, 0.2) is 0 Å². The van der Waals surface area contributed by atoms with Crippen molar-refractivity contribution >= 4 is 12.0 Å². The number of β-amino-alcohol motifs (C(OH)–C–C–N with tert-alkyl or cyclic N) is 1. The third-order valence-corrected chi connectivity index (χ3v) is 3.62. The Morgan fingerprint density at radius 2 is 1.83 bits per heavy atom. The molecule has 0 bridgehead atoms. The Morgan fingerprint density at radius 1 is 1.33 bits per heavy atom. The maximum absolute atomic E-state index is 12.5. The predicted molar refractivity (Wildman–Crippen MR) is 66.2 cm³/mol. The van der Waals surface area contributed by atoms with Gasteiger partial charge in [0.05, 0.1) is 12.6 Å². The largest absolute Gasteiger partial charge is 0.465 e. The topological polar surface area (TPSA) is 81.1 Å². The van der Waals surface area contributed by atoms with Crippen LogP contribution in [0.1, 0.15) is 27.2 Å². The van der Waals surface area contributed by atoms with Crippen LogP contribution in [0.3, 0.4) is 0 Å². The Balaban J connectivity index is 3.36. The quantitative estimate of drug-likeness (QED) is 0.722. The van der Waals surface area contributed by atoms with Crippen LogP contribution in [0.2, 0.25) is 0 Å². The summed E-state index contributed by atoms with van der Waals surface area (Å²) < 4.78 is 0. The van der Waals surface area contributed by atoms with Crippen LogP contribution in [0.5, 0.6) is 0 Å². The Kier molecular flexibility index (Phi) is 3.63. The summed E-state index contributed by atoms with van der Waals surface area (Å²) in [6.07, 6.45) is -1.83. The van der Waals surface area contributed by atoms with Crippen molar-refractivity contribution in [2.24, 2.45) is 5.41 Å². The van der Waals surface area contributed by atoms with E-state index in [0.717, 1.165) is 4.90 Å². The van der Waals surface area contributed by atoms with E-state index in [1.165, 1.54) is 4.90 Å². The van der Waals surface area contributed by atoms with Gasteiger partial charge in [0.2, 0.25) is 5.91 Å². The Hall–Kier alpha value is -1.30. The summed E-state index contributed by atoms with van der Waals surface area (Å²) >= 11 is 0. The Morgan fingerprint density at radius 3 is 2.17 bits per heavy atom. The SMILES string of the molecule is CN(C)C(=O)[C@]1(C(C)(C)C)C[C@@H](O)CN1C(=O)O. The van der Waals surface area contributed by atoms with Gasteiger partial charge in [-0.15, -0.1) is 0 Å². The lowest BCUT2D eigenvalue weighted by atomic mass is 9.70. The third-order valence-electron chi connectivity index (χ3n) is 3.62. The molecule has 0 spiro atoms. The van der Waals surface area contributed by atoms with Crippen LogP contribution in [-0.4, -0.2) is 64.3 Å². The standard InChI is InChI=1S/C12H22N2O4/c1-11(2,3)12(9(16)13(4)5)6-8(15)7-14(12)10(17)18/h8,15H,6-7H2,1-5H3,(H,17,18)/t8-,12+/m1/s1. The van der Waals surface area contributed by atoms with Gasteiger partial charge in [-0.1, -0.05) is 20.8 Å². The molecule has 2 N–H and O–H groups in total. The van der Waals surface area contributed by atoms with Crippen molar-refractivity contribution in [3.05, 3.63) is 0 Å². The molecule has 1 heterocycles. The van der Waals surface area contributed by atoms with Crippen LogP contribution in [0.4, 0.5) is 4.79 Å². The summed E-state index contributed by atoms with van der Waals surface area (Å²) in [4.78, 5) is 26.3. The van der Waals surface area contributed by atoms with Crippen LogP contribution in [0, 0.1) is 5.41 Å². The van der Waals surface area contributed by atoms with Crippen molar-refractivity contribution in [1.29, 1.82) is 0 Å². The first-order valence-corrected chi connectivity index (χ1v) is 5.94. The molecule has 1 fully saturated rings. The van der Waals surface area contributed by atoms with Gasteiger partial charge in [-0.05, 0) is 5.41 Å². The molecule has 1 rings (SSSR count). The second-order valence-electron chi connectivity index (χ2n) is 6.06. The van der Waals surface area contributed by atoms with Gasteiger partial charge in [-0.3, -0.25) is 9.69 Å². The molecule has 6 nitrogen and oxygen atoms in total. The highest BCUT2D eigenvalue weighted by Crippen LogP contribution is 2.44. The molecule has 0 aliphatic carbocycles. The average molecular weight is 258 g/mol. The maximum Gasteiger partial charge on any atom is 0.408 e. The molecule has 6 heteroatoms. The maximum atomic E-state index is 12.5. The summed E-state index contributed by atoms with van der Waals surface area (Å²) in [5, 5.41) is 19.1. The first-order chi connectivity index (χ1) is 8.04. The third kappa shape index (κ3) is 2.05. The monoisotopic (exact) mass is 258 g/mol. The molecule has 104 valence electrons. The molecular weight excluding hydrogens is 236 g/mol. The van der Waals surface area contributed by atoms with E-state index < -0.39 is 23.2 Å². The van der Waals surface area contributed by atoms with Gasteiger partial charge in [0, 0.05) is 20.5 Å². The van der Waals surface area contributed by atoms with E-state index >= 15 is 0 Å². The fourth-order valence-electron chi connectivity index (χ4n) is 2.73. The summed E-state index contributed by atoms with van der Waals surface area (Å²) in [5.41, 5.74) is -1.80. The van der Waals surface area contributed by atoms with Gasteiger partial charge in [-0.2, -0.15) is 0 Å². The molecule has 0 aromatic carbocycles. The minimum absolute atomic E-state index is 0.0216. The minimum Gasteiger partial charge on any atom is -0.465 e. The molecule has 0 aromatic heterocycles. The molecule has 2 amide bonds. The molecule has 1 aliphatic rings. The Labute approximate surface area is 107 Å². The van der Waals surface area contributed by atoms with Gasteiger partial charge in [0.1, 0.15) is 5.54 Å². The van der Waals surface area contributed by atoms with E-state index in [4.69, 9.17) is 0 Å². The molecular formula is C12H22N2O4. The zero-order chi connectivity index (χ0) is 14.3. The van der Waals surface area contributed by atoms with Crippen molar-refractivity contribution < 1.29 is 19.8 Å². The molecule has 0 saturated carbocycles. The summed E-state index contributed by atoms with van der Waals surface area (Å²) in [6, 6.07) is 0. The van der Waals surface area contributed by atoms with Gasteiger partial charge in [0.25, 0.3) is 0 Å². The lowest BCUT2D eigenvalue weighted by molar-refractivity contribution is -0.146. The molecule has 0 unspecified atom stereocenters. The number of rotatable bonds is 1. The fourth-order valence-corrected chi connectivity index (χ4v) is 2.73. The number of likely N-dealkylation sites (tertiary alicyclic amines) is 1. The predicted octanol–water partition coefficient (Wildman–Crippen LogP) is 0.604. The van der Waals surface area contributed by atoms with Crippen molar-refractivity contribution in [2.45, 2.75) is 38.8 Å². The number of carboxylic acid groups (broad SMARTS) is 1. The van der Waals surface area contributed by atoms with Crippen molar-refractivity contribution in [1.82, 2.24) is 9.80 Å². The van der Waals surface area contributed by atoms with Crippen LogP contribution < -0.4 is 0 Å². The van der Waals surface area contributed by atoms with Crippen molar-refractivity contribution in [3.63, 3.8) is 0 Å². The van der Waals surface area contributed by atoms with Gasteiger partial charge >= 0.3 is 6.09 Å². The highest BCUT2D eigenvalue weighted by atomic mass is 16.4. The number of hydrogen-bond acceptors (Lipinski definition) is 3. The molecule has 2 atom stereocenters. The smallest absolute Gasteiger partial charge is 0.408 e. The number of carbonyl (C=O) groups is 2. The lowest BCUT2D eigenvalue weighted by Gasteiger charge is -2.46. The number of aliphatic hydroxyl groups is 1.